The van der Waals surface area contributed by atoms with Crippen LogP contribution in [0, 0.1) is 11.8 Å². The average molecular weight is 236 g/mol. The van der Waals surface area contributed by atoms with Gasteiger partial charge in [0.2, 0.25) is 5.91 Å². The first-order valence-electron chi connectivity index (χ1n) is 5.13. The predicted molar refractivity (Wildman–Crippen MR) is 66.2 cm³/mol. The first-order chi connectivity index (χ1) is 7.72. The van der Waals surface area contributed by atoms with E-state index >= 15 is 0 Å². The van der Waals surface area contributed by atoms with Crippen molar-refractivity contribution in [2.24, 2.45) is 0 Å². The maximum atomic E-state index is 11.5. The molecule has 84 valence electrons. The van der Waals surface area contributed by atoms with Crippen LogP contribution in [0.3, 0.4) is 0 Å². The standard InChI is InChI=1S/C13H14ClNO/c1-2-3-4-8-15-13(16)10-11-6-5-7-12(14)9-11/h5-7,9H,4,8,10H2,1H3,(H,15,16). The summed E-state index contributed by atoms with van der Waals surface area (Å²) in [5, 5.41) is 3.46. The van der Waals surface area contributed by atoms with Gasteiger partial charge in [0.25, 0.3) is 0 Å². The summed E-state index contributed by atoms with van der Waals surface area (Å²) in [5.41, 5.74) is 0.923. The van der Waals surface area contributed by atoms with Gasteiger partial charge in [-0.05, 0) is 24.6 Å². The predicted octanol–water partition coefficient (Wildman–Crippen LogP) is 2.41. The highest BCUT2D eigenvalue weighted by Crippen LogP contribution is 2.10. The summed E-state index contributed by atoms with van der Waals surface area (Å²) in [6.07, 6.45) is 1.05. The third-order valence-corrected chi connectivity index (χ3v) is 2.24. The van der Waals surface area contributed by atoms with Crippen LogP contribution in [0.25, 0.3) is 0 Å². The molecule has 3 heteroatoms. The van der Waals surface area contributed by atoms with Crippen molar-refractivity contribution >= 4 is 17.5 Å². The maximum Gasteiger partial charge on any atom is 0.224 e. The number of benzene rings is 1. The highest BCUT2D eigenvalue weighted by Gasteiger charge is 2.02. The summed E-state index contributed by atoms with van der Waals surface area (Å²) in [4.78, 5) is 11.5. The summed E-state index contributed by atoms with van der Waals surface area (Å²) in [5.74, 6) is 5.67. The van der Waals surface area contributed by atoms with E-state index in [1.807, 2.05) is 12.1 Å². The second-order valence-corrected chi connectivity index (χ2v) is 3.77. The van der Waals surface area contributed by atoms with E-state index in [1.54, 1.807) is 19.1 Å². The van der Waals surface area contributed by atoms with Gasteiger partial charge in [0.1, 0.15) is 0 Å². The lowest BCUT2D eigenvalue weighted by Gasteiger charge is -2.03. The van der Waals surface area contributed by atoms with Crippen molar-refractivity contribution in [1.82, 2.24) is 5.32 Å². The zero-order valence-electron chi connectivity index (χ0n) is 9.22. The molecular weight excluding hydrogens is 222 g/mol. The second kappa shape index (κ2) is 6.92. The van der Waals surface area contributed by atoms with E-state index in [2.05, 4.69) is 17.2 Å². The Balaban J connectivity index is 2.36. The zero-order chi connectivity index (χ0) is 11.8. The largest absolute Gasteiger partial charge is 0.355 e. The number of carbonyl (C=O) groups is 1. The van der Waals surface area contributed by atoms with Crippen molar-refractivity contribution in [2.45, 2.75) is 19.8 Å². The first kappa shape index (κ1) is 12.6. The molecule has 1 aromatic carbocycles. The molecule has 0 aliphatic carbocycles. The van der Waals surface area contributed by atoms with Crippen molar-refractivity contribution in [3.63, 3.8) is 0 Å². The fourth-order valence-corrected chi connectivity index (χ4v) is 1.50. The molecule has 0 aromatic heterocycles. The van der Waals surface area contributed by atoms with E-state index < -0.39 is 0 Å². The molecule has 0 bridgehead atoms. The molecule has 0 saturated carbocycles. The molecular formula is C13H14ClNO. The fraction of sp³-hybridized carbons (Fsp3) is 0.308. The monoisotopic (exact) mass is 235 g/mol. The number of hydrogen-bond donors (Lipinski definition) is 1. The smallest absolute Gasteiger partial charge is 0.224 e. The normalized spacial score (nSPS) is 9.12. The molecule has 0 radical (unpaired) electrons. The van der Waals surface area contributed by atoms with Crippen molar-refractivity contribution < 1.29 is 4.79 Å². The van der Waals surface area contributed by atoms with Gasteiger partial charge in [-0.25, -0.2) is 0 Å². The van der Waals surface area contributed by atoms with E-state index in [0.717, 1.165) is 5.56 Å². The minimum atomic E-state index is 0.000157. The minimum Gasteiger partial charge on any atom is -0.355 e. The number of carbonyl (C=O) groups excluding carboxylic acids is 1. The quantitative estimate of drug-likeness (QED) is 0.630. The number of rotatable bonds is 4. The Bertz CT molecular complexity index is 417. The topological polar surface area (TPSA) is 29.1 Å². The van der Waals surface area contributed by atoms with Crippen LogP contribution in [0.5, 0.6) is 0 Å². The lowest BCUT2D eigenvalue weighted by molar-refractivity contribution is -0.120. The summed E-state index contributed by atoms with van der Waals surface area (Å²) >= 11 is 5.82. The summed E-state index contributed by atoms with van der Waals surface area (Å²) in [7, 11) is 0. The van der Waals surface area contributed by atoms with Crippen LogP contribution in [-0.2, 0) is 11.2 Å². The number of amides is 1. The van der Waals surface area contributed by atoms with Crippen molar-refractivity contribution in [2.75, 3.05) is 6.54 Å². The van der Waals surface area contributed by atoms with Crippen LogP contribution in [0.1, 0.15) is 18.9 Å². The molecule has 0 saturated heterocycles. The van der Waals surface area contributed by atoms with Crippen LogP contribution in [0.2, 0.25) is 5.02 Å². The summed E-state index contributed by atoms with van der Waals surface area (Å²) in [6.45, 7) is 2.38. The van der Waals surface area contributed by atoms with Crippen molar-refractivity contribution in [3.8, 4) is 11.8 Å². The fourth-order valence-electron chi connectivity index (χ4n) is 1.28. The molecule has 0 unspecified atom stereocenters. The molecule has 0 atom stereocenters. The highest BCUT2D eigenvalue weighted by atomic mass is 35.5. The Labute approximate surface area is 101 Å². The van der Waals surface area contributed by atoms with Gasteiger partial charge >= 0.3 is 0 Å². The molecule has 1 aromatic rings. The number of nitrogens with one attached hydrogen (secondary N) is 1. The van der Waals surface area contributed by atoms with Crippen LogP contribution >= 0.6 is 11.6 Å². The van der Waals surface area contributed by atoms with Gasteiger partial charge in [0.05, 0.1) is 6.42 Å². The van der Waals surface area contributed by atoms with Gasteiger partial charge in [0.15, 0.2) is 0 Å². The van der Waals surface area contributed by atoms with Crippen LogP contribution in [0.4, 0.5) is 0 Å². The molecule has 0 aliphatic heterocycles. The van der Waals surface area contributed by atoms with E-state index in [1.165, 1.54) is 0 Å². The van der Waals surface area contributed by atoms with Crippen LogP contribution in [0.15, 0.2) is 24.3 Å². The molecule has 0 heterocycles. The Morgan fingerprint density at radius 1 is 1.50 bits per heavy atom. The Morgan fingerprint density at radius 2 is 2.31 bits per heavy atom. The number of halogens is 1. The lowest BCUT2D eigenvalue weighted by atomic mass is 10.1. The van der Waals surface area contributed by atoms with Crippen molar-refractivity contribution in [1.29, 1.82) is 0 Å². The Kier molecular flexibility index (Phi) is 5.45. The van der Waals surface area contributed by atoms with Gasteiger partial charge in [-0.3, -0.25) is 4.79 Å². The maximum absolute atomic E-state index is 11.5. The van der Waals surface area contributed by atoms with Crippen LogP contribution < -0.4 is 5.32 Å². The SMILES string of the molecule is CC#CCCNC(=O)Cc1cccc(Cl)c1. The minimum absolute atomic E-state index is 0.000157. The Hall–Kier alpha value is -1.46. The summed E-state index contributed by atoms with van der Waals surface area (Å²) in [6, 6.07) is 7.32. The second-order valence-electron chi connectivity index (χ2n) is 3.33. The molecule has 0 fully saturated rings. The molecule has 1 N–H and O–H groups in total. The highest BCUT2D eigenvalue weighted by molar-refractivity contribution is 6.30. The van der Waals surface area contributed by atoms with E-state index in [-0.39, 0.29) is 5.91 Å². The van der Waals surface area contributed by atoms with Gasteiger partial charge in [-0.15, -0.1) is 11.8 Å². The lowest BCUT2D eigenvalue weighted by Crippen LogP contribution is -2.25. The summed E-state index contributed by atoms with van der Waals surface area (Å²) < 4.78 is 0. The first-order valence-corrected chi connectivity index (χ1v) is 5.51. The molecule has 0 aliphatic rings. The van der Waals surface area contributed by atoms with Crippen LogP contribution in [-0.4, -0.2) is 12.5 Å². The third kappa shape index (κ3) is 4.86. The van der Waals surface area contributed by atoms with Crippen molar-refractivity contribution in [3.05, 3.63) is 34.9 Å². The van der Waals surface area contributed by atoms with Gasteiger partial charge in [0, 0.05) is 18.0 Å². The number of hydrogen-bond acceptors (Lipinski definition) is 1. The Morgan fingerprint density at radius 3 is 3.00 bits per heavy atom. The molecule has 1 rings (SSSR count). The third-order valence-electron chi connectivity index (χ3n) is 2.00. The average Bonchev–Trinajstić information content (AvgIpc) is 2.24. The van der Waals surface area contributed by atoms with E-state index in [9.17, 15) is 4.79 Å². The van der Waals surface area contributed by atoms with E-state index in [0.29, 0.717) is 24.4 Å². The molecule has 2 nitrogen and oxygen atoms in total. The zero-order valence-corrected chi connectivity index (χ0v) is 9.97. The molecule has 1 amide bonds. The molecule has 0 spiro atoms. The van der Waals surface area contributed by atoms with Gasteiger partial charge < -0.3 is 5.32 Å². The van der Waals surface area contributed by atoms with Gasteiger partial charge in [-0.1, -0.05) is 23.7 Å². The molecule has 16 heavy (non-hydrogen) atoms. The van der Waals surface area contributed by atoms with E-state index in [4.69, 9.17) is 11.6 Å². The van der Waals surface area contributed by atoms with Gasteiger partial charge in [-0.2, -0.15) is 0 Å².